The Bertz CT molecular complexity index is 1210. The van der Waals surface area contributed by atoms with E-state index in [1.807, 2.05) is 38.1 Å². The van der Waals surface area contributed by atoms with Crippen LogP contribution in [0.5, 0.6) is 11.5 Å². The van der Waals surface area contributed by atoms with Crippen LogP contribution in [-0.4, -0.2) is 53.1 Å². The van der Waals surface area contributed by atoms with Crippen LogP contribution in [0.1, 0.15) is 49.3 Å². The van der Waals surface area contributed by atoms with Crippen LogP contribution in [0.25, 0.3) is 6.08 Å². The van der Waals surface area contributed by atoms with Crippen molar-refractivity contribution in [2.45, 2.75) is 46.1 Å². The summed E-state index contributed by atoms with van der Waals surface area (Å²) in [6.45, 7) is 5.87. The number of likely N-dealkylation sites (tertiary alicyclic amines) is 1. The van der Waals surface area contributed by atoms with Gasteiger partial charge in [0.1, 0.15) is 13.2 Å². The Kier molecular flexibility index (Phi) is 9.32. The molecular formula is C28H31BrN2O5S. The zero-order chi connectivity index (χ0) is 26.4. The summed E-state index contributed by atoms with van der Waals surface area (Å²) in [4.78, 5) is 41.5. The Morgan fingerprint density at radius 1 is 1.08 bits per heavy atom. The van der Waals surface area contributed by atoms with Crippen molar-refractivity contribution in [2.24, 2.45) is 0 Å². The minimum absolute atomic E-state index is 0.179. The molecule has 2 saturated heterocycles. The summed E-state index contributed by atoms with van der Waals surface area (Å²) < 4.78 is 12.6. The molecule has 0 aliphatic carbocycles. The van der Waals surface area contributed by atoms with Crippen LogP contribution in [0.2, 0.25) is 0 Å². The zero-order valence-corrected chi connectivity index (χ0v) is 23.5. The fourth-order valence-corrected chi connectivity index (χ4v) is 5.79. The van der Waals surface area contributed by atoms with Crippen molar-refractivity contribution in [1.82, 2.24) is 9.80 Å². The van der Waals surface area contributed by atoms with Gasteiger partial charge in [0.15, 0.2) is 11.5 Å². The molecule has 2 aliphatic rings. The number of carbonyl (C=O) groups excluding carboxylic acids is 3. The molecule has 0 spiro atoms. The number of carbonyl (C=O) groups is 3. The van der Waals surface area contributed by atoms with Crippen molar-refractivity contribution in [2.75, 3.05) is 26.2 Å². The Morgan fingerprint density at radius 2 is 1.84 bits per heavy atom. The molecule has 7 nitrogen and oxygen atoms in total. The molecule has 4 rings (SSSR count). The van der Waals surface area contributed by atoms with E-state index in [9.17, 15) is 14.4 Å². The van der Waals surface area contributed by atoms with Crippen LogP contribution < -0.4 is 9.47 Å². The predicted molar refractivity (Wildman–Crippen MR) is 149 cm³/mol. The van der Waals surface area contributed by atoms with Gasteiger partial charge in [0.05, 0.1) is 16.0 Å². The molecule has 196 valence electrons. The zero-order valence-electron chi connectivity index (χ0n) is 21.1. The largest absolute Gasteiger partial charge is 0.490 e. The normalized spacial score (nSPS) is 17.3. The van der Waals surface area contributed by atoms with Crippen molar-refractivity contribution in [3.8, 4) is 11.5 Å². The van der Waals surface area contributed by atoms with E-state index in [-0.39, 0.29) is 17.4 Å². The molecule has 0 bridgehead atoms. The number of rotatable bonds is 8. The summed E-state index contributed by atoms with van der Waals surface area (Å²) in [7, 11) is 0. The van der Waals surface area contributed by atoms with Crippen LogP contribution in [0.3, 0.4) is 0 Å². The van der Waals surface area contributed by atoms with Crippen LogP contribution >= 0.6 is 27.7 Å². The van der Waals surface area contributed by atoms with Crippen molar-refractivity contribution in [1.29, 1.82) is 0 Å². The molecule has 2 heterocycles. The van der Waals surface area contributed by atoms with Crippen molar-refractivity contribution in [3.05, 3.63) is 62.5 Å². The van der Waals surface area contributed by atoms with Gasteiger partial charge in [-0.25, -0.2) is 0 Å². The third-order valence-electron chi connectivity index (χ3n) is 6.22. The Balaban J connectivity index is 1.49. The second-order valence-electron chi connectivity index (χ2n) is 9.10. The van der Waals surface area contributed by atoms with Crippen molar-refractivity contribution >= 4 is 50.8 Å². The predicted octanol–water partition coefficient (Wildman–Crippen LogP) is 6.17. The van der Waals surface area contributed by atoms with Gasteiger partial charge >= 0.3 is 0 Å². The van der Waals surface area contributed by atoms with Gasteiger partial charge in [-0.1, -0.05) is 42.7 Å². The molecule has 9 heteroatoms. The van der Waals surface area contributed by atoms with E-state index in [0.717, 1.165) is 53.5 Å². The molecule has 0 N–H and O–H groups in total. The van der Waals surface area contributed by atoms with Gasteiger partial charge in [0.2, 0.25) is 5.91 Å². The number of hydrogen-bond acceptors (Lipinski definition) is 6. The summed E-state index contributed by atoms with van der Waals surface area (Å²) in [5.74, 6) is 0.469. The number of ether oxygens (including phenoxy) is 2. The summed E-state index contributed by atoms with van der Waals surface area (Å²) in [6.07, 6.45) is 5.76. The van der Waals surface area contributed by atoms with E-state index in [1.54, 1.807) is 17.0 Å². The number of thioether (sulfide) groups is 1. The third kappa shape index (κ3) is 6.96. The lowest BCUT2D eigenvalue weighted by Crippen LogP contribution is -2.42. The minimum Gasteiger partial charge on any atom is -0.490 e. The highest BCUT2D eigenvalue weighted by atomic mass is 79.9. The minimum atomic E-state index is -0.452. The first-order chi connectivity index (χ1) is 17.9. The molecule has 37 heavy (non-hydrogen) atoms. The molecule has 0 unspecified atom stereocenters. The van der Waals surface area contributed by atoms with E-state index < -0.39 is 11.1 Å². The maximum Gasteiger partial charge on any atom is 0.294 e. The van der Waals surface area contributed by atoms with Gasteiger partial charge in [-0.05, 0) is 83.7 Å². The lowest BCUT2D eigenvalue weighted by atomic mass is 10.1. The number of aryl methyl sites for hydroxylation is 1. The van der Waals surface area contributed by atoms with Crippen LogP contribution in [0, 0.1) is 6.92 Å². The first kappa shape index (κ1) is 27.3. The number of nitrogens with zero attached hydrogens (tertiary/aromatic N) is 2. The SMILES string of the molecule is CCOc1cc(C=C2SC(=O)N(CC(=O)N3CCCCCC3)C2=O)cc(Br)c1OCc1cccc(C)c1. The molecule has 2 aromatic rings. The average molecular weight is 588 g/mol. The first-order valence-corrected chi connectivity index (χ1v) is 14.1. The van der Waals surface area contributed by atoms with E-state index in [2.05, 4.69) is 22.0 Å². The van der Waals surface area contributed by atoms with Crippen molar-refractivity contribution in [3.63, 3.8) is 0 Å². The van der Waals surface area contributed by atoms with E-state index in [1.165, 1.54) is 0 Å². The van der Waals surface area contributed by atoms with Crippen LogP contribution in [-0.2, 0) is 16.2 Å². The molecular weight excluding hydrogens is 556 g/mol. The van der Waals surface area contributed by atoms with Crippen LogP contribution in [0.15, 0.2) is 45.8 Å². The maximum absolute atomic E-state index is 13.0. The summed E-state index contributed by atoms with van der Waals surface area (Å²) in [5, 5.41) is -0.429. The van der Waals surface area contributed by atoms with Crippen LogP contribution in [0.4, 0.5) is 4.79 Å². The summed E-state index contributed by atoms with van der Waals surface area (Å²) >= 11 is 4.42. The molecule has 2 aromatic carbocycles. The van der Waals surface area contributed by atoms with Crippen molar-refractivity contribution < 1.29 is 23.9 Å². The van der Waals surface area contributed by atoms with Gasteiger partial charge in [-0.15, -0.1) is 0 Å². The van der Waals surface area contributed by atoms with E-state index in [4.69, 9.17) is 9.47 Å². The third-order valence-corrected chi connectivity index (χ3v) is 7.72. The lowest BCUT2D eigenvalue weighted by molar-refractivity contribution is -0.135. The molecule has 0 radical (unpaired) electrons. The number of imide groups is 1. The Morgan fingerprint density at radius 3 is 2.54 bits per heavy atom. The highest BCUT2D eigenvalue weighted by Crippen LogP contribution is 2.39. The molecule has 0 atom stereocenters. The highest BCUT2D eigenvalue weighted by Gasteiger charge is 2.37. The van der Waals surface area contributed by atoms with E-state index in [0.29, 0.717) is 47.8 Å². The van der Waals surface area contributed by atoms with Gasteiger partial charge in [0, 0.05) is 13.1 Å². The number of amides is 3. The summed E-state index contributed by atoms with van der Waals surface area (Å²) in [6, 6.07) is 11.7. The standard InChI is InChI=1S/C28H31BrN2O5S/c1-3-35-23-15-21(14-22(29)26(23)36-18-20-10-8-9-19(2)13-20)16-24-27(33)31(28(34)37-24)17-25(32)30-11-6-4-5-7-12-30/h8-10,13-16H,3-7,11-12,17-18H2,1-2H3. The second kappa shape index (κ2) is 12.6. The lowest BCUT2D eigenvalue weighted by Gasteiger charge is -2.22. The molecule has 2 fully saturated rings. The fraction of sp³-hybridized carbons (Fsp3) is 0.393. The van der Waals surface area contributed by atoms with Gasteiger partial charge in [-0.3, -0.25) is 19.3 Å². The first-order valence-electron chi connectivity index (χ1n) is 12.5. The summed E-state index contributed by atoms with van der Waals surface area (Å²) in [5.41, 5.74) is 2.88. The molecule has 2 aliphatic heterocycles. The Labute approximate surface area is 230 Å². The highest BCUT2D eigenvalue weighted by molar-refractivity contribution is 9.10. The maximum atomic E-state index is 13.0. The topological polar surface area (TPSA) is 76.2 Å². The van der Waals surface area contributed by atoms with E-state index >= 15 is 0 Å². The van der Waals surface area contributed by atoms with Gasteiger partial charge in [0.25, 0.3) is 11.1 Å². The molecule has 0 saturated carbocycles. The smallest absolute Gasteiger partial charge is 0.294 e. The van der Waals surface area contributed by atoms with Gasteiger partial charge in [-0.2, -0.15) is 0 Å². The Hall–Kier alpha value is -2.78. The molecule has 0 aromatic heterocycles. The number of hydrogen-bond donors (Lipinski definition) is 0. The second-order valence-corrected chi connectivity index (χ2v) is 11.0. The number of benzene rings is 2. The monoisotopic (exact) mass is 586 g/mol. The average Bonchev–Trinajstić information content (AvgIpc) is 3.04. The quantitative estimate of drug-likeness (QED) is 0.344. The number of halogens is 1. The molecule has 3 amide bonds. The fourth-order valence-electron chi connectivity index (χ4n) is 4.37. The van der Waals surface area contributed by atoms with Gasteiger partial charge < -0.3 is 14.4 Å².